The largest absolute Gasteiger partial charge is 0.461 e. The second-order valence-corrected chi connectivity index (χ2v) is 8.69. The van der Waals surface area contributed by atoms with Crippen molar-refractivity contribution < 1.29 is 23.9 Å². The van der Waals surface area contributed by atoms with Gasteiger partial charge in [0.05, 0.1) is 0 Å². The van der Waals surface area contributed by atoms with E-state index in [4.69, 9.17) is 9.47 Å². The molecule has 0 radical (unpaired) electrons. The van der Waals surface area contributed by atoms with Gasteiger partial charge in [0.15, 0.2) is 0 Å². The molecule has 0 bridgehead atoms. The fourth-order valence-electron chi connectivity index (χ4n) is 3.69. The van der Waals surface area contributed by atoms with Crippen LogP contribution in [0.2, 0.25) is 0 Å². The van der Waals surface area contributed by atoms with E-state index in [1.54, 1.807) is 27.8 Å². The van der Waals surface area contributed by atoms with Crippen LogP contribution in [-0.4, -0.2) is 49.2 Å². The maximum atomic E-state index is 12.8. The Bertz CT molecular complexity index is 886. The number of ether oxygens (including phenoxy) is 2. The van der Waals surface area contributed by atoms with E-state index in [-0.39, 0.29) is 5.97 Å². The number of carbonyl (C=O) groups excluding carboxylic acids is 3. The molecule has 0 aliphatic heterocycles. The first kappa shape index (κ1) is 26.1. The lowest BCUT2D eigenvalue weighted by Crippen LogP contribution is -2.44. The standard InChI is InChI=1S/C26H34N2O5/c1-19(32-24(30)22(27-4)15-20-11-7-5-8-12-20)17-26(2,3)33-25(31)23(28-18-29)16-21-13-9-6-10-14-21/h5-14,18-19,22-23,27H,15-17H2,1-4H3,(H,28,29). The lowest BCUT2D eigenvalue weighted by molar-refractivity contribution is -0.165. The number of amides is 1. The highest BCUT2D eigenvalue weighted by Crippen LogP contribution is 2.21. The Morgan fingerprint density at radius 1 is 0.909 bits per heavy atom. The van der Waals surface area contributed by atoms with Gasteiger partial charge in [-0.3, -0.25) is 9.59 Å². The zero-order valence-electron chi connectivity index (χ0n) is 19.7. The molecule has 2 rings (SSSR count). The second-order valence-electron chi connectivity index (χ2n) is 8.69. The molecule has 33 heavy (non-hydrogen) atoms. The molecule has 2 N–H and O–H groups in total. The zero-order chi connectivity index (χ0) is 24.3. The fourth-order valence-corrected chi connectivity index (χ4v) is 3.69. The van der Waals surface area contributed by atoms with E-state index in [2.05, 4.69) is 10.6 Å². The van der Waals surface area contributed by atoms with Crippen LogP contribution in [0.15, 0.2) is 60.7 Å². The van der Waals surface area contributed by atoms with Crippen LogP contribution in [0.4, 0.5) is 0 Å². The van der Waals surface area contributed by atoms with Crippen molar-refractivity contribution in [2.75, 3.05) is 7.05 Å². The summed E-state index contributed by atoms with van der Waals surface area (Å²) < 4.78 is 11.3. The summed E-state index contributed by atoms with van der Waals surface area (Å²) in [7, 11) is 1.72. The Kier molecular flexibility index (Phi) is 10.1. The Labute approximate surface area is 195 Å². The van der Waals surface area contributed by atoms with Crippen LogP contribution in [0.25, 0.3) is 0 Å². The van der Waals surface area contributed by atoms with Gasteiger partial charge in [0, 0.05) is 12.8 Å². The normalized spacial score (nSPS) is 13.9. The molecule has 0 spiro atoms. The molecule has 178 valence electrons. The number of rotatable bonds is 13. The van der Waals surface area contributed by atoms with Crippen molar-refractivity contribution in [3.8, 4) is 0 Å². The maximum absolute atomic E-state index is 12.8. The van der Waals surface area contributed by atoms with Gasteiger partial charge in [-0.15, -0.1) is 0 Å². The molecule has 1 amide bonds. The van der Waals surface area contributed by atoms with Crippen LogP contribution >= 0.6 is 0 Å². The number of esters is 2. The van der Waals surface area contributed by atoms with Gasteiger partial charge >= 0.3 is 11.9 Å². The van der Waals surface area contributed by atoms with Gasteiger partial charge in [-0.1, -0.05) is 60.7 Å². The highest BCUT2D eigenvalue weighted by molar-refractivity contribution is 5.79. The molecule has 0 aromatic heterocycles. The van der Waals surface area contributed by atoms with Crippen LogP contribution in [0, 0.1) is 0 Å². The minimum Gasteiger partial charge on any atom is -0.461 e. The number of carbonyl (C=O) groups is 3. The predicted octanol–water partition coefficient (Wildman–Crippen LogP) is 2.82. The number of likely N-dealkylation sites (N-methyl/N-ethyl adjacent to an activating group) is 1. The van der Waals surface area contributed by atoms with Crippen molar-refractivity contribution in [1.82, 2.24) is 10.6 Å². The molecule has 2 aromatic carbocycles. The number of hydrogen-bond donors (Lipinski definition) is 2. The second kappa shape index (κ2) is 12.7. The van der Waals surface area contributed by atoms with Gasteiger partial charge in [-0.2, -0.15) is 0 Å². The van der Waals surface area contributed by atoms with Crippen molar-refractivity contribution in [2.45, 2.75) is 63.8 Å². The summed E-state index contributed by atoms with van der Waals surface area (Å²) >= 11 is 0. The fraction of sp³-hybridized carbons (Fsp3) is 0.423. The van der Waals surface area contributed by atoms with E-state index in [0.29, 0.717) is 25.7 Å². The molecule has 2 aromatic rings. The number of benzene rings is 2. The first-order valence-electron chi connectivity index (χ1n) is 11.1. The Balaban J connectivity index is 1.92. The topological polar surface area (TPSA) is 93.7 Å². The summed E-state index contributed by atoms with van der Waals surface area (Å²) in [5.41, 5.74) is 1.04. The lowest BCUT2D eigenvalue weighted by Gasteiger charge is -2.30. The summed E-state index contributed by atoms with van der Waals surface area (Å²) in [6.07, 6.45) is 1.17. The minimum absolute atomic E-state index is 0.311. The van der Waals surface area contributed by atoms with Crippen molar-refractivity contribution in [1.29, 1.82) is 0 Å². The van der Waals surface area contributed by atoms with Crippen LogP contribution in [-0.2, 0) is 36.7 Å². The van der Waals surface area contributed by atoms with Gasteiger partial charge in [-0.25, -0.2) is 4.79 Å². The van der Waals surface area contributed by atoms with E-state index in [1.807, 2.05) is 60.7 Å². The molecule has 0 heterocycles. The van der Waals surface area contributed by atoms with E-state index in [1.165, 1.54) is 0 Å². The maximum Gasteiger partial charge on any atom is 0.329 e. The van der Waals surface area contributed by atoms with E-state index in [9.17, 15) is 14.4 Å². The average Bonchev–Trinajstić information content (AvgIpc) is 2.77. The van der Waals surface area contributed by atoms with Crippen molar-refractivity contribution in [2.24, 2.45) is 0 Å². The smallest absolute Gasteiger partial charge is 0.329 e. The molecule has 3 unspecified atom stereocenters. The Morgan fingerprint density at radius 2 is 1.42 bits per heavy atom. The molecule has 0 aliphatic rings. The average molecular weight is 455 g/mol. The van der Waals surface area contributed by atoms with Crippen molar-refractivity contribution in [3.63, 3.8) is 0 Å². The molecule has 7 nitrogen and oxygen atoms in total. The molecule has 0 aliphatic carbocycles. The lowest BCUT2D eigenvalue weighted by atomic mass is 10.00. The molecular weight excluding hydrogens is 420 g/mol. The van der Waals surface area contributed by atoms with Crippen molar-refractivity contribution >= 4 is 18.3 Å². The minimum atomic E-state index is -0.898. The third-order valence-corrected chi connectivity index (χ3v) is 5.23. The van der Waals surface area contributed by atoms with Crippen LogP contribution in [0.3, 0.4) is 0 Å². The van der Waals surface area contributed by atoms with Gasteiger partial charge < -0.3 is 20.1 Å². The molecule has 7 heteroatoms. The van der Waals surface area contributed by atoms with Gasteiger partial charge in [0.1, 0.15) is 23.8 Å². The SMILES string of the molecule is CNC(Cc1ccccc1)C(=O)OC(C)CC(C)(C)OC(=O)C(Cc1ccccc1)NC=O. The van der Waals surface area contributed by atoms with E-state index in [0.717, 1.165) is 11.1 Å². The molecule has 3 atom stereocenters. The van der Waals surface area contributed by atoms with Crippen molar-refractivity contribution in [3.05, 3.63) is 71.8 Å². The van der Waals surface area contributed by atoms with E-state index >= 15 is 0 Å². The van der Waals surface area contributed by atoms with Gasteiger partial charge in [0.25, 0.3) is 0 Å². The summed E-state index contributed by atoms with van der Waals surface area (Å²) in [5.74, 6) is -0.896. The summed E-state index contributed by atoms with van der Waals surface area (Å²) in [5, 5.41) is 5.54. The van der Waals surface area contributed by atoms with E-state index < -0.39 is 29.8 Å². The first-order valence-corrected chi connectivity index (χ1v) is 11.1. The highest BCUT2D eigenvalue weighted by Gasteiger charge is 2.31. The molecule has 0 fully saturated rings. The van der Waals surface area contributed by atoms with Gasteiger partial charge in [-0.05, 0) is 45.4 Å². The zero-order valence-corrected chi connectivity index (χ0v) is 19.7. The summed E-state index contributed by atoms with van der Waals surface area (Å²) in [4.78, 5) is 36.4. The number of nitrogens with one attached hydrogen (secondary N) is 2. The Morgan fingerprint density at radius 3 is 1.91 bits per heavy atom. The summed E-state index contributed by atoms with van der Waals surface area (Å²) in [6, 6.07) is 17.8. The molecule has 0 saturated carbocycles. The van der Waals surface area contributed by atoms with Crippen LogP contribution in [0.5, 0.6) is 0 Å². The Hall–Kier alpha value is -3.19. The highest BCUT2D eigenvalue weighted by atomic mass is 16.6. The predicted molar refractivity (Wildman–Crippen MR) is 126 cm³/mol. The number of hydrogen-bond acceptors (Lipinski definition) is 6. The molecule has 0 saturated heterocycles. The summed E-state index contributed by atoms with van der Waals surface area (Å²) in [6.45, 7) is 5.29. The third kappa shape index (κ3) is 9.06. The monoisotopic (exact) mass is 454 g/mol. The third-order valence-electron chi connectivity index (χ3n) is 5.23. The van der Waals surface area contributed by atoms with Crippen LogP contribution < -0.4 is 10.6 Å². The van der Waals surface area contributed by atoms with Gasteiger partial charge in [0.2, 0.25) is 6.41 Å². The quantitative estimate of drug-likeness (QED) is 0.357. The molecular formula is C26H34N2O5. The first-order chi connectivity index (χ1) is 15.7. The van der Waals surface area contributed by atoms with Crippen LogP contribution in [0.1, 0.15) is 38.3 Å².